The first-order chi connectivity index (χ1) is 7.80. The van der Waals surface area contributed by atoms with Crippen LogP contribution in [0.15, 0.2) is 24.3 Å². The van der Waals surface area contributed by atoms with Crippen molar-refractivity contribution in [3.63, 3.8) is 0 Å². The minimum atomic E-state index is 0.926. The minimum Gasteiger partial charge on any atom is -0.0654 e. The number of hydrogen-bond donors (Lipinski definition) is 0. The van der Waals surface area contributed by atoms with Crippen LogP contribution in [-0.4, -0.2) is 0 Å². The van der Waals surface area contributed by atoms with Gasteiger partial charge in [-0.05, 0) is 36.3 Å². The molecular weight excluding hydrogens is 192 g/mol. The van der Waals surface area contributed by atoms with Gasteiger partial charge >= 0.3 is 0 Å². The standard InChI is InChI=1S/C16H26/c1-4-8-14(5-2)11-12-16-10-7-9-15(6-3)13-16/h7,9-10,13-14H,4-6,8,11-12H2,1-3H3. The van der Waals surface area contributed by atoms with Crippen molar-refractivity contribution in [1.29, 1.82) is 0 Å². The first-order valence-electron chi connectivity index (χ1n) is 6.87. The Bertz CT molecular complexity index is 288. The molecule has 0 fully saturated rings. The highest BCUT2D eigenvalue weighted by Gasteiger charge is 2.05. The lowest BCUT2D eigenvalue weighted by molar-refractivity contribution is 0.432. The van der Waals surface area contributed by atoms with Crippen molar-refractivity contribution in [3.8, 4) is 0 Å². The smallest absolute Gasteiger partial charge is 0.0276 e. The molecule has 0 heterocycles. The lowest BCUT2D eigenvalue weighted by Crippen LogP contribution is -2.00. The monoisotopic (exact) mass is 218 g/mol. The van der Waals surface area contributed by atoms with E-state index in [-0.39, 0.29) is 0 Å². The molecule has 0 nitrogen and oxygen atoms in total. The molecule has 0 aromatic heterocycles. The van der Waals surface area contributed by atoms with Gasteiger partial charge in [-0.3, -0.25) is 0 Å². The van der Waals surface area contributed by atoms with E-state index in [1.807, 2.05) is 0 Å². The molecule has 0 aliphatic rings. The Morgan fingerprint density at radius 1 is 1.00 bits per heavy atom. The van der Waals surface area contributed by atoms with Crippen LogP contribution in [0.5, 0.6) is 0 Å². The van der Waals surface area contributed by atoms with Gasteiger partial charge in [0.25, 0.3) is 0 Å². The summed E-state index contributed by atoms with van der Waals surface area (Å²) in [7, 11) is 0. The molecule has 1 aromatic rings. The maximum atomic E-state index is 2.37. The molecule has 0 saturated carbocycles. The third-order valence-electron chi connectivity index (χ3n) is 3.52. The molecule has 90 valence electrons. The fraction of sp³-hybridized carbons (Fsp3) is 0.625. The van der Waals surface area contributed by atoms with E-state index in [0.29, 0.717) is 0 Å². The molecule has 0 spiro atoms. The summed E-state index contributed by atoms with van der Waals surface area (Å²) in [6.45, 7) is 6.84. The summed E-state index contributed by atoms with van der Waals surface area (Å²) >= 11 is 0. The summed E-state index contributed by atoms with van der Waals surface area (Å²) in [5, 5.41) is 0. The summed E-state index contributed by atoms with van der Waals surface area (Å²) in [6, 6.07) is 9.08. The van der Waals surface area contributed by atoms with Gasteiger partial charge in [0, 0.05) is 0 Å². The first kappa shape index (κ1) is 13.3. The molecule has 0 aliphatic heterocycles. The van der Waals surface area contributed by atoms with Crippen LogP contribution in [0.1, 0.15) is 57.6 Å². The molecule has 1 atom stereocenters. The van der Waals surface area contributed by atoms with Gasteiger partial charge in [-0.25, -0.2) is 0 Å². The Morgan fingerprint density at radius 3 is 2.38 bits per heavy atom. The first-order valence-corrected chi connectivity index (χ1v) is 6.87. The Labute approximate surface area is 101 Å². The van der Waals surface area contributed by atoms with Crippen LogP contribution in [0.2, 0.25) is 0 Å². The van der Waals surface area contributed by atoms with Crippen molar-refractivity contribution < 1.29 is 0 Å². The van der Waals surface area contributed by atoms with Crippen LogP contribution < -0.4 is 0 Å². The predicted octanol–water partition coefficient (Wildman–Crippen LogP) is 5.01. The zero-order valence-corrected chi connectivity index (χ0v) is 11.1. The van der Waals surface area contributed by atoms with E-state index in [2.05, 4.69) is 45.0 Å². The molecule has 0 bridgehead atoms. The van der Waals surface area contributed by atoms with Crippen LogP contribution in [0.3, 0.4) is 0 Å². The lowest BCUT2D eigenvalue weighted by atomic mass is 9.93. The fourth-order valence-corrected chi connectivity index (χ4v) is 2.34. The maximum absolute atomic E-state index is 2.37. The highest BCUT2D eigenvalue weighted by Crippen LogP contribution is 2.18. The Kier molecular flexibility index (Phi) is 6.22. The summed E-state index contributed by atoms with van der Waals surface area (Å²) in [5.74, 6) is 0.926. The highest BCUT2D eigenvalue weighted by molar-refractivity contribution is 5.23. The molecule has 0 heteroatoms. The normalized spacial score (nSPS) is 12.7. The Balaban J connectivity index is 2.46. The van der Waals surface area contributed by atoms with Crippen LogP contribution >= 0.6 is 0 Å². The van der Waals surface area contributed by atoms with Crippen LogP contribution in [-0.2, 0) is 12.8 Å². The second kappa shape index (κ2) is 7.49. The molecule has 1 aromatic carbocycles. The summed E-state index contributed by atoms with van der Waals surface area (Å²) < 4.78 is 0. The lowest BCUT2D eigenvalue weighted by Gasteiger charge is -2.13. The van der Waals surface area contributed by atoms with E-state index in [4.69, 9.17) is 0 Å². The average Bonchev–Trinajstić information content (AvgIpc) is 2.34. The highest BCUT2D eigenvalue weighted by atomic mass is 14.1. The van der Waals surface area contributed by atoms with Gasteiger partial charge in [0.05, 0.1) is 0 Å². The van der Waals surface area contributed by atoms with E-state index in [9.17, 15) is 0 Å². The molecule has 16 heavy (non-hydrogen) atoms. The average molecular weight is 218 g/mol. The second-order valence-electron chi connectivity index (χ2n) is 4.78. The second-order valence-corrected chi connectivity index (χ2v) is 4.78. The van der Waals surface area contributed by atoms with Crippen molar-refractivity contribution in [2.24, 2.45) is 5.92 Å². The molecule has 0 aliphatic carbocycles. The third kappa shape index (κ3) is 4.38. The number of rotatable bonds is 7. The van der Waals surface area contributed by atoms with E-state index in [0.717, 1.165) is 12.3 Å². The zero-order valence-electron chi connectivity index (χ0n) is 11.1. The molecule has 0 radical (unpaired) electrons. The van der Waals surface area contributed by atoms with Crippen LogP contribution in [0.25, 0.3) is 0 Å². The molecule has 0 amide bonds. The van der Waals surface area contributed by atoms with Gasteiger partial charge in [-0.1, -0.05) is 64.3 Å². The maximum Gasteiger partial charge on any atom is -0.0276 e. The zero-order chi connectivity index (χ0) is 11.8. The molecule has 0 N–H and O–H groups in total. The Hall–Kier alpha value is -0.780. The van der Waals surface area contributed by atoms with E-state index >= 15 is 0 Å². The van der Waals surface area contributed by atoms with Gasteiger partial charge in [0.1, 0.15) is 0 Å². The number of aryl methyl sites for hydroxylation is 2. The largest absolute Gasteiger partial charge is 0.0654 e. The van der Waals surface area contributed by atoms with Crippen LogP contribution in [0.4, 0.5) is 0 Å². The SMILES string of the molecule is CCCC(CC)CCc1cccc(CC)c1. The van der Waals surface area contributed by atoms with Crippen molar-refractivity contribution in [3.05, 3.63) is 35.4 Å². The van der Waals surface area contributed by atoms with Crippen molar-refractivity contribution >= 4 is 0 Å². The van der Waals surface area contributed by atoms with Crippen LogP contribution in [0, 0.1) is 5.92 Å². The quantitative estimate of drug-likeness (QED) is 0.603. The molecule has 1 rings (SSSR count). The van der Waals surface area contributed by atoms with Gasteiger partial charge < -0.3 is 0 Å². The van der Waals surface area contributed by atoms with Gasteiger partial charge in [-0.2, -0.15) is 0 Å². The molecule has 0 saturated heterocycles. The third-order valence-corrected chi connectivity index (χ3v) is 3.52. The predicted molar refractivity (Wildman–Crippen MR) is 72.8 cm³/mol. The van der Waals surface area contributed by atoms with E-state index in [1.165, 1.54) is 43.2 Å². The van der Waals surface area contributed by atoms with Gasteiger partial charge in [0.15, 0.2) is 0 Å². The van der Waals surface area contributed by atoms with Crippen molar-refractivity contribution in [2.45, 2.75) is 59.3 Å². The molecular formula is C16H26. The summed E-state index contributed by atoms with van der Waals surface area (Å²) in [5.41, 5.74) is 3.00. The molecule has 1 unspecified atom stereocenters. The number of hydrogen-bond acceptors (Lipinski definition) is 0. The van der Waals surface area contributed by atoms with Gasteiger partial charge in [-0.15, -0.1) is 0 Å². The van der Waals surface area contributed by atoms with Crippen molar-refractivity contribution in [2.75, 3.05) is 0 Å². The van der Waals surface area contributed by atoms with Gasteiger partial charge in [0.2, 0.25) is 0 Å². The minimum absolute atomic E-state index is 0.926. The van der Waals surface area contributed by atoms with Crippen molar-refractivity contribution in [1.82, 2.24) is 0 Å². The van der Waals surface area contributed by atoms with E-state index in [1.54, 1.807) is 0 Å². The number of benzene rings is 1. The Morgan fingerprint density at radius 2 is 1.75 bits per heavy atom. The summed E-state index contributed by atoms with van der Waals surface area (Å²) in [4.78, 5) is 0. The fourth-order valence-electron chi connectivity index (χ4n) is 2.34. The van der Waals surface area contributed by atoms with E-state index < -0.39 is 0 Å². The topological polar surface area (TPSA) is 0 Å². The summed E-state index contributed by atoms with van der Waals surface area (Å²) in [6.07, 6.45) is 7.82.